The van der Waals surface area contributed by atoms with Crippen LogP contribution in [0.4, 0.5) is 11.5 Å². The number of benzene rings is 2. The number of pyridine rings is 2. The fraction of sp³-hybridized carbons (Fsp3) is 0.370. The van der Waals surface area contributed by atoms with Crippen molar-refractivity contribution in [3.8, 4) is 11.5 Å². The first-order valence-corrected chi connectivity index (χ1v) is 23.5. The molecule has 8 heterocycles. The van der Waals surface area contributed by atoms with Gasteiger partial charge in [0.25, 0.3) is 0 Å². The van der Waals surface area contributed by atoms with Crippen LogP contribution in [0.2, 0.25) is 5.15 Å². The molecule has 12 rings (SSSR count). The number of nitrogens with two attached hydrogens (primary N) is 1. The fourth-order valence-electron chi connectivity index (χ4n) is 10.1. The Kier molecular flexibility index (Phi) is 11.1. The quantitative estimate of drug-likeness (QED) is 0.106. The predicted molar refractivity (Wildman–Crippen MR) is 251 cm³/mol. The van der Waals surface area contributed by atoms with Gasteiger partial charge in [-0.3, -0.25) is 24.3 Å². The van der Waals surface area contributed by atoms with Crippen LogP contribution in [-0.2, 0) is 19.0 Å². The number of carbonyl (C=O) groups excluding carboxylic acids is 1. The van der Waals surface area contributed by atoms with E-state index >= 15 is 0 Å². The minimum atomic E-state index is -1.15. The van der Waals surface area contributed by atoms with Crippen LogP contribution >= 0.6 is 43.5 Å². The van der Waals surface area contributed by atoms with Crippen molar-refractivity contribution in [2.75, 3.05) is 5.73 Å². The molecule has 0 amide bonds. The smallest absolute Gasteiger partial charge is 0.303 e. The third kappa shape index (κ3) is 7.85. The number of aliphatic imine (C=N–C) groups is 1. The molecular formula is C46H41Br2ClN10O8. The molecule has 21 heteroatoms. The Balaban J connectivity index is 0.000000148. The number of aromatic nitrogens is 8. The van der Waals surface area contributed by atoms with Gasteiger partial charge in [0.2, 0.25) is 0 Å². The highest BCUT2D eigenvalue weighted by molar-refractivity contribution is 9.10. The van der Waals surface area contributed by atoms with Gasteiger partial charge in [-0.15, -0.1) is 0 Å². The molecule has 7 aromatic rings. The van der Waals surface area contributed by atoms with E-state index in [2.05, 4.69) is 78.7 Å². The van der Waals surface area contributed by atoms with E-state index in [1.165, 1.54) is 25.9 Å². The number of hydrogen-bond acceptors (Lipinski definition) is 17. The number of aliphatic hydroxyl groups is 2. The maximum atomic E-state index is 12.0. The first-order chi connectivity index (χ1) is 32.3. The Bertz CT molecular complexity index is 3120. The molecular weight excluding hydrogens is 1020 g/mol. The average Bonchev–Trinajstić information content (AvgIpc) is 4.04. The molecule has 344 valence electrons. The highest BCUT2D eigenvalue weighted by Crippen LogP contribution is 2.55. The number of nitrogens with zero attached hydrogens (tertiary/aromatic N) is 9. The molecule has 5 aromatic heterocycles. The molecule has 5 aliphatic rings. The van der Waals surface area contributed by atoms with Gasteiger partial charge in [0.05, 0.1) is 34.6 Å². The number of imidazole rings is 1. The summed E-state index contributed by atoms with van der Waals surface area (Å²) in [6, 6.07) is 15.7. The standard InChI is InChI=1S/C25H22BrClN4O4.C21H19BrN6O4/c1-12-22(33-13(2)32)23(18-10-29-21-20(18)30-11-31-24(21)27)35-25(12)7-17(8-25)34-16-4-3-14-5-15(26)9-28-19(14)6-16;22-11-3-10-1-2-12(4-14(10)24-7-11)31-13-5-21(6-13)17(30)16(29)20(32-21)28-9-27-15-18(23)25-8-26-19(15)28/h3-6,9-12,17-18,22-23H,7-8H2,1-2H3;1-4,7-9,13,16-17,20,29-30H,5-6H2,(H2,23,25,26)/t12-,17?,18?,22?,23-,25?;13?,16-,17+,20-,21?/m01/s1. The first-order valence-electron chi connectivity index (χ1n) is 21.6. The number of esters is 1. The van der Waals surface area contributed by atoms with Gasteiger partial charge >= 0.3 is 5.97 Å². The summed E-state index contributed by atoms with van der Waals surface area (Å²) in [5.74, 6) is 1.07. The molecule has 7 atom stereocenters. The van der Waals surface area contributed by atoms with Gasteiger partial charge in [0.15, 0.2) is 22.8 Å². The minimum Gasteiger partial charge on any atom is -0.490 e. The minimum absolute atomic E-state index is 0.0108. The van der Waals surface area contributed by atoms with Crippen LogP contribution in [0.15, 0.2) is 93.8 Å². The van der Waals surface area contributed by atoms with E-state index in [1.54, 1.807) is 23.2 Å². The average molecular weight is 1060 g/mol. The summed E-state index contributed by atoms with van der Waals surface area (Å²) in [7, 11) is 0. The molecule has 18 nitrogen and oxygen atoms in total. The maximum Gasteiger partial charge on any atom is 0.303 e. The van der Waals surface area contributed by atoms with Crippen LogP contribution in [0.1, 0.15) is 57.4 Å². The topological polar surface area (TPSA) is 237 Å². The molecule has 2 spiro atoms. The number of anilines is 1. The second-order valence-electron chi connectivity index (χ2n) is 17.6. The number of fused-ring (bicyclic) bond motifs is 4. The highest BCUT2D eigenvalue weighted by atomic mass is 79.9. The largest absolute Gasteiger partial charge is 0.490 e. The van der Waals surface area contributed by atoms with Gasteiger partial charge < -0.3 is 39.6 Å². The number of aliphatic hydroxyl groups excluding tert-OH is 2. The molecule has 4 fully saturated rings. The van der Waals surface area contributed by atoms with E-state index < -0.39 is 41.8 Å². The van der Waals surface area contributed by atoms with E-state index in [4.69, 9.17) is 41.0 Å². The zero-order valence-electron chi connectivity index (χ0n) is 35.7. The van der Waals surface area contributed by atoms with Crippen molar-refractivity contribution in [1.29, 1.82) is 0 Å². The second kappa shape index (κ2) is 16.9. The van der Waals surface area contributed by atoms with E-state index in [0.717, 1.165) is 36.5 Å². The van der Waals surface area contributed by atoms with Crippen LogP contribution in [0.3, 0.4) is 0 Å². The Morgan fingerprint density at radius 2 is 1.46 bits per heavy atom. The Morgan fingerprint density at radius 3 is 2.10 bits per heavy atom. The summed E-state index contributed by atoms with van der Waals surface area (Å²) in [6.07, 6.45) is 7.71. The van der Waals surface area contributed by atoms with Gasteiger partial charge in [-0.25, -0.2) is 24.9 Å². The number of rotatable bonds is 7. The second-order valence-corrected chi connectivity index (χ2v) is 19.8. The molecule has 0 radical (unpaired) electrons. The monoisotopic (exact) mass is 1050 g/mol. The van der Waals surface area contributed by atoms with E-state index in [1.807, 2.05) is 48.5 Å². The Hall–Kier alpha value is -5.48. The van der Waals surface area contributed by atoms with Gasteiger partial charge in [-0.1, -0.05) is 18.5 Å². The van der Waals surface area contributed by atoms with Crippen molar-refractivity contribution < 1.29 is 38.7 Å². The summed E-state index contributed by atoms with van der Waals surface area (Å²) >= 11 is 13.1. The van der Waals surface area contributed by atoms with Crippen LogP contribution in [0.5, 0.6) is 11.5 Å². The van der Waals surface area contributed by atoms with Gasteiger partial charge in [0.1, 0.15) is 77.6 Å². The number of carbonyl (C=O) groups is 1. The van der Waals surface area contributed by atoms with Crippen molar-refractivity contribution in [3.63, 3.8) is 0 Å². The molecule has 67 heavy (non-hydrogen) atoms. The summed E-state index contributed by atoms with van der Waals surface area (Å²) < 4.78 is 34.4. The summed E-state index contributed by atoms with van der Waals surface area (Å²) in [4.78, 5) is 46.0. The first kappa shape index (κ1) is 44.1. The van der Waals surface area contributed by atoms with Crippen LogP contribution in [0.25, 0.3) is 33.0 Å². The molecule has 0 bridgehead atoms. The number of nitrogen functional groups attached to an aromatic ring is 1. The highest BCUT2D eigenvalue weighted by Gasteiger charge is 2.64. The molecule has 2 aromatic carbocycles. The van der Waals surface area contributed by atoms with Gasteiger partial charge in [0, 0.05) is 89.0 Å². The lowest BCUT2D eigenvalue weighted by Gasteiger charge is -2.47. The molecule has 2 saturated carbocycles. The molecule has 2 unspecified atom stereocenters. The van der Waals surface area contributed by atoms with Crippen molar-refractivity contribution in [3.05, 3.63) is 99.7 Å². The molecule has 4 N–H and O–H groups in total. The van der Waals surface area contributed by atoms with Crippen molar-refractivity contribution in [2.24, 2.45) is 10.9 Å². The number of halogens is 3. The lowest BCUT2D eigenvalue weighted by atomic mass is 9.69. The molecule has 3 aliphatic heterocycles. The third-order valence-electron chi connectivity index (χ3n) is 13.5. The van der Waals surface area contributed by atoms with Gasteiger partial charge in [-0.05, 0) is 68.3 Å². The SMILES string of the molecule is CC(=O)OC1[C@H](C2C=Nc3c(Cl)ncnc32)OC2(CC(Oc3ccc4cc(Br)cnc4c3)C2)[C@H]1C.Nc1ncnc2c1ncn2[C@@H]1OC2(CC(Oc3ccc4cc(Br)cnc4c3)C2)[C@@H](O)[C@H]1O. The number of hydrogen-bond donors (Lipinski definition) is 3. The summed E-state index contributed by atoms with van der Waals surface area (Å²) in [5.41, 5.74) is 8.31. The Morgan fingerprint density at radius 1 is 0.836 bits per heavy atom. The number of ether oxygens (including phenoxy) is 5. The lowest BCUT2D eigenvalue weighted by Crippen LogP contribution is -2.57. The normalized spacial score (nSPS) is 30.3. The zero-order valence-corrected chi connectivity index (χ0v) is 39.6. The van der Waals surface area contributed by atoms with Crippen molar-refractivity contribution in [2.45, 2.75) is 99.5 Å². The Labute approximate surface area is 403 Å². The van der Waals surface area contributed by atoms with E-state index in [9.17, 15) is 15.0 Å². The van der Waals surface area contributed by atoms with Gasteiger partial charge in [-0.2, -0.15) is 0 Å². The summed E-state index contributed by atoms with van der Waals surface area (Å²) in [5, 5.41) is 23.9. The lowest BCUT2D eigenvalue weighted by molar-refractivity contribution is -0.182. The van der Waals surface area contributed by atoms with E-state index in [-0.39, 0.29) is 35.8 Å². The van der Waals surface area contributed by atoms with Crippen LogP contribution in [-0.4, -0.2) is 110 Å². The molecule has 2 aliphatic carbocycles. The maximum absolute atomic E-state index is 12.0. The van der Waals surface area contributed by atoms with Crippen molar-refractivity contribution in [1.82, 2.24) is 39.5 Å². The summed E-state index contributed by atoms with van der Waals surface area (Å²) in [6.45, 7) is 3.49. The van der Waals surface area contributed by atoms with Crippen LogP contribution in [0, 0.1) is 5.92 Å². The van der Waals surface area contributed by atoms with Crippen molar-refractivity contribution >= 4 is 100 Å². The zero-order chi connectivity index (χ0) is 46.4. The molecule has 2 saturated heterocycles. The predicted octanol–water partition coefficient (Wildman–Crippen LogP) is 7.14. The third-order valence-corrected chi connectivity index (χ3v) is 14.6. The van der Waals surface area contributed by atoms with E-state index in [0.29, 0.717) is 59.1 Å². The van der Waals surface area contributed by atoms with Crippen LogP contribution < -0.4 is 15.2 Å². The fourth-order valence-corrected chi connectivity index (χ4v) is 11.0.